The highest BCUT2D eigenvalue weighted by Crippen LogP contribution is 2.19. The van der Waals surface area contributed by atoms with Gasteiger partial charge in [0.1, 0.15) is 0 Å². The smallest absolute Gasteiger partial charge is 0.0952 e. The van der Waals surface area contributed by atoms with Crippen molar-refractivity contribution in [2.45, 2.75) is 19.0 Å². The Morgan fingerprint density at radius 1 is 1.47 bits per heavy atom. The van der Waals surface area contributed by atoms with Crippen molar-refractivity contribution >= 4 is 0 Å². The van der Waals surface area contributed by atoms with E-state index in [2.05, 4.69) is 10.1 Å². The maximum Gasteiger partial charge on any atom is 0.0952 e. The first-order valence-corrected chi connectivity index (χ1v) is 4.90. The molecular weight excluding hydrogens is 190 g/mol. The van der Waals surface area contributed by atoms with Crippen LogP contribution in [0.1, 0.15) is 18.5 Å². The van der Waals surface area contributed by atoms with Crippen molar-refractivity contribution < 1.29 is 0 Å². The molecule has 2 heterocycles. The first kappa shape index (κ1) is 9.92. The molecule has 2 unspecified atom stereocenters. The topological polar surface area (TPSA) is 61.7 Å². The van der Waals surface area contributed by atoms with Crippen LogP contribution in [0, 0.1) is 0 Å². The van der Waals surface area contributed by atoms with Gasteiger partial charge in [0.25, 0.3) is 0 Å². The van der Waals surface area contributed by atoms with E-state index in [0.717, 1.165) is 5.56 Å². The van der Waals surface area contributed by atoms with Crippen molar-refractivity contribution in [1.82, 2.24) is 19.3 Å². The largest absolute Gasteiger partial charge is 0.328 e. The van der Waals surface area contributed by atoms with Crippen molar-refractivity contribution in [2.75, 3.05) is 0 Å². The molecule has 0 aliphatic carbocycles. The number of rotatable bonds is 3. The van der Waals surface area contributed by atoms with Gasteiger partial charge in [0.2, 0.25) is 0 Å². The van der Waals surface area contributed by atoms with Crippen molar-refractivity contribution in [3.8, 4) is 0 Å². The van der Waals surface area contributed by atoms with Crippen LogP contribution in [0.3, 0.4) is 0 Å². The monoisotopic (exact) mass is 205 g/mol. The predicted octanol–water partition coefficient (Wildman–Crippen LogP) is 0.553. The fourth-order valence-electron chi connectivity index (χ4n) is 1.77. The molecule has 2 rings (SSSR count). The van der Waals surface area contributed by atoms with E-state index in [4.69, 9.17) is 5.73 Å². The third-order valence-electron chi connectivity index (χ3n) is 2.41. The summed E-state index contributed by atoms with van der Waals surface area (Å²) in [5.41, 5.74) is 7.09. The zero-order chi connectivity index (χ0) is 10.8. The summed E-state index contributed by atoms with van der Waals surface area (Å²) in [6.07, 6.45) is 9.27. The molecule has 80 valence electrons. The molecule has 0 fully saturated rings. The molecule has 5 nitrogen and oxygen atoms in total. The lowest BCUT2D eigenvalue weighted by atomic mass is 10.1. The quantitative estimate of drug-likeness (QED) is 0.796. The molecule has 0 radical (unpaired) electrons. The van der Waals surface area contributed by atoms with Crippen LogP contribution in [-0.4, -0.2) is 25.4 Å². The first-order chi connectivity index (χ1) is 7.18. The summed E-state index contributed by atoms with van der Waals surface area (Å²) in [7, 11) is 1.90. The highest BCUT2D eigenvalue weighted by Gasteiger charge is 2.18. The molecular formula is C10H15N5. The third kappa shape index (κ3) is 1.92. The van der Waals surface area contributed by atoms with Crippen LogP contribution in [0.5, 0.6) is 0 Å². The van der Waals surface area contributed by atoms with Crippen LogP contribution in [0.4, 0.5) is 0 Å². The molecule has 2 aromatic heterocycles. The van der Waals surface area contributed by atoms with Gasteiger partial charge in [-0.1, -0.05) is 0 Å². The third-order valence-corrected chi connectivity index (χ3v) is 2.41. The number of aryl methyl sites for hydroxylation is 1. The normalized spacial score (nSPS) is 15.1. The molecule has 0 amide bonds. The van der Waals surface area contributed by atoms with Crippen LogP contribution in [0.25, 0.3) is 0 Å². The van der Waals surface area contributed by atoms with Crippen molar-refractivity contribution in [2.24, 2.45) is 12.8 Å². The van der Waals surface area contributed by atoms with Gasteiger partial charge >= 0.3 is 0 Å². The van der Waals surface area contributed by atoms with Gasteiger partial charge in [0, 0.05) is 37.2 Å². The molecule has 0 aliphatic heterocycles. The SMILES string of the molecule is CC(N)C(c1cnn(C)c1)n1ccnc1. The molecule has 0 aromatic carbocycles. The maximum absolute atomic E-state index is 5.98. The van der Waals surface area contributed by atoms with E-state index < -0.39 is 0 Å². The number of aromatic nitrogens is 4. The summed E-state index contributed by atoms with van der Waals surface area (Å²) in [4.78, 5) is 4.04. The van der Waals surface area contributed by atoms with Gasteiger partial charge in [-0.2, -0.15) is 5.10 Å². The summed E-state index contributed by atoms with van der Waals surface area (Å²) >= 11 is 0. The Kier molecular flexibility index (Phi) is 2.55. The van der Waals surface area contributed by atoms with E-state index in [9.17, 15) is 0 Å². The molecule has 2 N–H and O–H groups in total. The second kappa shape index (κ2) is 3.86. The Hall–Kier alpha value is -1.62. The van der Waals surface area contributed by atoms with E-state index in [1.807, 2.05) is 37.1 Å². The number of imidazole rings is 1. The number of hydrogen-bond donors (Lipinski definition) is 1. The summed E-state index contributed by atoms with van der Waals surface area (Å²) < 4.78 is 3.78. The van der Waals surface area contributed by atoms with E-state index >= 15 is 0 Å². The molecule has 0 bridgehead atoms. The average Bonchev–Trinajstić information content (AvgIpc) is 2.77. The van der Waals surface area contributed by atoms with Crippen LogP contribution >= 0.6 is 0 Å². The lowest BCUT2D eigenvalue weighted by Crippen LogP contribution is -2.29. The average molecular weight is 205 g/mol. The van der Waals surface area contributed by atoms with Crippen LogP contribution in [-0.2, 0) is 7.05 Å². The van der Waals surface area contributed by atoms with Gasteiger partial charge in [-0.15, -0.1) is 0 Å². The Balaban J connectivity index is 2.36. The van der Waals surface area contributed by atoms with Crippen LogP contribution in [0.2, 0.25) is 0 Å². The summed E-state index contributed by atoms with van der Waals surface area (Å²) in [6, 6.07) is 0.115. The minimum absolute atomic E-state index is 0.0170. The number of hydrogen-bond acceptors (Lipinski definition) is 3. The molecule has 0 aliphatic rings. The molecule has 0 saturated carbocycles. The second-order valence-electron chi connectivity index (χ2n) is 3.76. The highest BCUT2D eigenvalue weighted by molar-refractivity contribution is 5.14. The molecule has 0 saturated heterocycles. The summed E-state index contributed by atoms with van der Waals surface area (Å²) in [5, 5.41) is 4.16. The minimum atomic E-state index is 0.0170. The zero-order valence-electron chi connectivity index (χ0n) is 8.91. The Bertz CT molecular complexity index is 415. The van der Waals surface area contributed by atoms with Crippen molar-refractivity contribution in [3.05, 3.63) is 36.7 Å². The lowest BCUT2D eigenvalue weighted by molar-refractivity contribution is 0.495. The van der Waals surface area contributed by atoms with Crippen molar-refractivity contribution in [1.29, 1.82) is 0 Å². The van der Waals surface area contributed by atoms with Gasteiger partial charge in [0.15, 0.2) is 0 Å². The molecule has 15 heavy (non-hydrogen) atoms. The predicted molar refractivity (Wildman–Crippen MR) is 57.2 cm³/mol. The van der Waals surface area contributed by atoms with Crippen LogP contribution < -0.4 is 5.73 Å². The summed E-state index contributed by atoms with van der Waals surface area (Å²) in [5.74, 6) is 0. The van der Waals surface area contributed by atoms with E-state index in [1.165, 1.54) is 0 Å². The zero-order valence-corrected chi connectivity index (χ0v) is 8.91. The van der Waals surface area contributed by atoms with Gasteiger partial charge in [0.05, 0.1) is 18.6 Å². The summed E-state index contributed by atoms with van der Waals surface area (Å²) in [6.45, 7) is 1.98. The van der Waals surface area contributed by atoms with Crippen LogP contribution in [0.15, 0.2) is 31.1 Å². The van der Waals surface area contributed by atoms with E-state index in [1.54, 1.807) is 17.2 Å². The maximum atomic E-state index is 5.98. The van der Waals surface area contributed by atoms with Crippen molar-refractivity contribution in [3.63, 3.8) is 0 Å². The first-order valence-electron chi connectivity index (χ1n) is 4.90. The highest BCUT2D eigenvalue weighted by atomic mass is 15.2. The fraction of sp³-hybridized carbons (Fsp3) is 0.400. The fourth-order valence-corrected chi connectivity index (χ4v) is 1.77. The Morgan fingerprint density at radius 2 is 2.27 bits per heavy atom. The number of nitrogens with zero attached hydrogens (tertiary/aromatic N) is 4. The molecule has 2 atom stereocenters. The van der Waals surface area contributed by atoms with Gasteiger partial charge < -0.3 is 10.3 Å². The standard InChI is InChI=1S/C10H15N5/c1-8(11)10(15-4-3-12-7-15)9-5-13-14(2)6-9/h3-8,10H,11H2,1-2H3. The molecule has 5 heteroatoms. The number of nitrogens with two attached hydrogens (primary N) is 1. The minimum Gasteiger partial charge on any atom is -0.328 e. The van der Waals surface area contributed by atoms with Gasteiger partial charge in [-0.05, 0) is 6.92 Å². The van der Waals surface area contributed by atoms with E-state index in [0.29, 0.717) is 0 Å². The second-order valence-corrected chi connectivity index (χ2v) is 3.76. The lowest BCUT2D eigenvalue weighted by Gasteiger charge is -2.20. The Morgan fingerprint density at radius 3 is 2.73 bits per heavy atom. The van der Waals surface area contributed by atoms with Gasteiger partial charge in [-0.3, -0.25) is 4.68 Å². The molecule has 2 aromatic rings. The molecule has 0 spiro atoms. The van der Waals surface area contributed by atoms with E-state index in [-0.39, 0.29) is 12.1 Å². The Labute approximate surface area is 88.5 Å². The van der Waals surface area contributed by atoms with Gasteiger partial charge in [-0.25, -0.2) is 4.98 Å².